The quantitative estimate of drug-likeness (QED) is 0.681. The van der Waals surface area contributed by atoms with Gasteiger partial charge in [-0.1, -0.05) is 0 Å². The number of carboxylic acid groups (broad SMARTS) is 1. The van der Waals surface area contributed by atoms with Crippen LogP contribution in [0.5, 0.6) is 0 Å². The number of carbonyl (C=O) groups is 3. The van der Waals surface area contributed by atoms with Crippen LogP contribution in [0.2, 0.25) is 0 Å². The van der Waals surface area contributed by atoms with Crippen LogP contribution in [0.25, 0.3) is 0 Å². The molecule has 8 heteroatoms. The molecule has 1 atom stereocenters. The summed E-state index contributed by atoms with van der Waals surface area (Å²) < 4.78 is 4.59. The van der Waals surface area contributed by atoms with Crippen LogP contribution in [0.4, 0.5) is 5.69 Å². The van der Waals surface area contributed by atoms with Gasteiger partial charge in [0.05, 0.1) is 25.3 Å². The largest absolute Gasteiger partial charge is 0.481 e. The van der Waals surface area contributed by atoms with Crippen molar-refractivity contribution in [2.45, 2.75) is 19.4 Å². The van der Waals surface area contributed by atoms with Gasteiger partial charge in [0.1, 0.15) is 4.88 Å². The fourth-order valence-electron chi connectivity index (χ4n) is 1.34. The van der Waals surface area contributed by atoms with Crippen molar-refractivity contribution in [1.29, 1.82) is 0 Å². The Morgan fingerprint density at radius 2 is 2.16 bits per heavy atom. The van der Waals surface area contributed by atoms with Crippen molar-refractivity contribution in [2.75, 3.05) is 12.4 Å². The first-order valence-electron chi connectivity index (χ1n) is 5.31. The Kier molecular flexibility index (Phi) is 5.02. The molecule has 0 spiro atoms. The van der Waals surface area contributed by atoms with Crippen LogP contribution in [0, 0.1) is 6.92 Å². The van der Waals surface area contributed by atoms with E-state index in [1.165, 1.54) is 7.11 Å². The monoisotopic (exact) mass is 286 g/mol. The normalized spacial score (nSPS) is 11.7. The number of nitrogens with one attached hydrogen (secondary N) is 1. The Morgan fingerprint density at radius 3 is 2.68 bits per heavy atom. The van der Waals surface area contributed by atoms with Crippen LogP contribution in [-0.2, 0) is 14.3 Å². The standard InChI is InChI=1S/C11H14N2O5S/c1-5-4-19-9(11(17)18-2)8(5)13-10(16)6(12)3-7(14)15/h4,6H,3,12H2,1-2H3,(H,13,16)(H,14,15). The van der Waals surface area contributed by atoms with Gasteiger partial charge in [-0.25, -0.2) is 4.79 Å². The van der Waals surface area contributed by atoms with Gasteiger partial charge in [-0.3, -0.25) is 9.59 Å². The van der Waals surface area contributed by atoms with Gasteiger partial charge < -0.3 is 20.9 Å². The number of ether oxygens (including phenoxy) is 1. The number of hydrogen-bond acceptors (Lipinski definition) is 6. The maximum Gasteiger partial charge on any atom is 0.350 e. The fourth-order valence-corrected chi connectivity index (χ4v) is 2.26. The number of nitrogens with two attached hydrogens (primary N) is 1. The first-order chi connectivity index (χ1) is 8.86. The number of amides is 1. The molecule has 1 heterocycles. The van der Waals surface area contributed by atoms with Crippen molar-refractivity contribution >= 4 is 34.9 Å². The van der Waals surface area contributed by atoms with Gasteiger partial charge >= 0.3 is 11.9 Å². The molecular formula is C11H14N2O5S. The van der Waals surface area contributed by atoms with E-state index in [1.807, 2.05) is 0 Å². The summed E-state index contributed by atoms with van der Waals surface area (Å²) in [5, 5.41) is 12.7. The molecule has 1 rings (SSSR count). The number of carbonyl (C=O) groups excluding carboxylic acids is 2. The van der Waals surface area contributed by atoms with Crippen molar-refractivity contribution in [2.24, 2.45) is 5.73 Å². The molecule has 7 nitrogen and oxygen atoms in total. The van der Waals surface area contributed by atoms with Gasteiger partial charge in [-0.2, -0.15) is 0 Å². The van der Waals surface area contributed by atoms with E-state index < -0.39 is 30.3 Å². The van der Waals surface area contributed by atoms with Crippen molar-refractivity contribution < 1.29 is 24.2 Å². The summed E-state index contributed by atoms with van der Waals surface area (Å²) in [6.07, 6.45) is -0.484. The predicted molar refractivity (Wildman–Crippen MR) is 69.3 cm³/mol. The van der Waals surface area contributed by atoms with E-state index in [0.29, 0.717) is 11.3 Å². The Labute approximate surface area is 113 Å². The van der Waals surface area contributed by atoms with Crippen LogP contribution in [0.3, 0.4) is 0 Å². The Morgan fingerprint density at radius 1 is 1.53 bits per heavy atom. The molecule has 1 amide bonds. The van der Waals surface area contributed by atoms with E-state index in [1.54, 1.807) is 12.3 Å². The number of rotatable bonds is 5. The number of thiophene rings is 1. The minimum absolute atomic E-state index is 0.246. The van der Waals surface area contributed by atoms with E-state index in [9.17, 15) is 14.4 Å². The number of anilines is 1. The minimum atomic E-state index is -1.18. The van der Waals surface area contributed by atoms with E-state index >= 15 is 0 Å². The molecule has 0 saturated carbocycles. The van der Waals surface area contributed by atoms with Gasteiger partial charge in [0.25, 0.3) is 0 Å². The van der Waals surface area contributed by atoms with Crippen LogP contribution in [-0.4, -0.2) is 36.1 Å². The molecule has 1 unspecified atom stereocenters. The second kappa shape index (κ2) is 6.30. The summed E-state index contributed by atoms with van der Waals surface area (Å²) in [5.74, 6) is -2.40. The Balaban J connectivity index is 2.87. The summed E-state index contributed by atoms with van der Waals surface area (Å²) in [4.78, 5) is 33.9. The highest BCUT2D eigenvalue weighted by atomic mass is 32.1. The molecule has 0 radical (unpaired) electrons. The van der Waals surface area contributed by atoms with E-state index in [0.717, 1.165) is 11.3 Å². The second-order valence-corrected chi connectivity index (χ2v) is 4.69. The van der Waals surface area contributed by atoms with Crippen LogP contribution in [0.1, 0.15) is 21.7 Å². The predicted octanol–water partition coefficient (Wildman–Crippen LogP) is 0.584. The lowest BCUT2D eigenvalue weighted by atomic mass is 10.2. The molecule has 1 aromatic heterocycles. The molecule has 19 heavy (non-hydrogen) atoms. The third-order valence-corrected chi connectivity index (χ3v) is 3.40. The average Bonchev–Trinajstić information content (AvgIpc) is 2.69. The zero-order valence-electron chi connectivity index (χ0n) is 10.4. The summed E-state index contributed by atoms with van der Waals surface area (Å²) in [5.41, 5.74) is 6.43. The topological polar surface area (TPSA) is 119 Å². The van der Waals surface area contributed by atoms with Crippen LogP contribution >= 0.6 is 11.3 Å². The smallest absolute Gasteiger partial charge is 0.350 e. The van der Waals surface area contributed by atoms with E-state index in [2.05, 4.69) is 10.1 Å². The third kappa shape index (κ3) is 3.76. The SMILES string of the molecule is COC(=O)c1scc(C)c1NC(=O)C(N)CC(=O)O. The second-order valence-electron chi connectivity index (χ2n) is 3.81. The zero-order chi connectivity index (χ0) is 14.6. The molecule has 0 aliphatic heterocycles. The number of carboxylic acids is 1. The van der Waals surface area contributed by atoms with Crippen molar-refractivity contribution in [3.63, 3.8) is 0 Å². The highest BCUT2D eigenvalue weighted by Gasteiger charge is 2.22. The fraction of sp³-hybridized carbons (Fsp3) is 0.364. The first-order valence-corrected chi connectivity index (χ1v) is 6.19. The highest BCUT2D eigenvalue weighted by molar-refractivity contribution is 7.12. The minimum Gasteiger partial charge on any atom is -0.481 e. The first kappa shape index (κ1) is 15.1. The molecular weight excluding hydrogens is 272 g/mol. The highest BCUT2D eigenvalue weighted by Crippen LogP contribution is 2.28. The van der Waals surface area contributed by atoms with Gasteiger partial charge in [-0.15, -0.1) is 11.3 Å². The lowest BCUT2D eigenvalue weighted by Gasteiger charge is -2.11. The zero-order valence-corrected chi connectivity index (χ0v) is 11.2. The van der Waals surface area contributed by atoms with Crippen molar-refractivity contribution in [3.05, 3.63) is 15.8 Å². The average molecular weight is 286 g/mol. The molecule has 0 bridgehead atoms. The maximum atomic E-state index is 11.7. The van der Waals surface area contributed by atoms with Gasteiger partial charge in [0.2, 0.25) is 5.91 Å². The molecule has 0 aliphatic carbocycles. The maximum absolute atomic E-state index is 11.7. The van der Waals surface area contributed by atoms with E-state index in [4.69, 9.17) is 10.8 Å². The summed E-state index contributed by atoms with van der Waals surface area (Å²) in [6, 6.07) is -1.18. The lowest BCUT2D eigenvalue weighted by Crippen LogP contribution is -2.37. The summed E-state index contributed by atoms with van der Waals surface area (Å²) >= 11 is 1.13. The Hall–Kier alpha value is -1.93. The Bertz CT molecular complexity index is 511. The molecule has 4 N–H and O–H groups in total. The van der Waals surface area contributed by atoms with Crippen molar-refractivity contribution in [1.82, 2.24) is 0 Å². The number of hydrogen-bond donors (Lipinski definition) is 3. The third-order valence-electron chi connectivity index (χ3n) is 2.33. The molecule has 0 aliphatic rings. The lowest BCUT2D eigenvalue weighted by molar-refractivity contribution is -0.138. The molecule has 0 saturated heterocycles. The molecule has 0 aromatic carbocycles. The van der Waals surface area contributed by atoms with Gasteiger partial charge in [-0.05, 0) is 17.9 Å². The number of methoxy groups -OCH3 is 1. The molecule has 1 aromatic rings. The summed E-state index contributed by atoms with van der Waals surface area (Å²) in [7, 11) is 1.24. The van der Waals surface area contributed by atoms with E-state index in [-0.39, 0.29) is 4.88 Å². The van der Waals surface area contributed by atoms with Crippen LogP contribution < -0.4 is 11.1 Å². The van der Waals surface area contributed by atoms with Crippen molar-refractivity contribution in [3.8, 4) is 0 Å². The number of aryl methyl sites for hydroxylation is 1. The molecule has 104 valence electrons. The number of esters is 1. The summed E-state index contributed by atoms with van der Waals surface area (Å²) in [6.45, 7) is 1.71. The van der Waals surface area contributed by atoms with Gasteiger partial charge in [0.15, 0.2) is 0 Å². The van der Waals surface area contributed by atoms with Gasteiger partial charge in [0, 0.05) is 0 Å². The molecule has 0 fully saturated rings. The number of aliphatic carboxylic acids is 1. The van der Waals surface area contributed by atoms with Crippen LogP contribution in [0.15, 0.2) is 5.38 Å².